The van der Waals surface area contributed by atoms with Crippen molar-refractivity contribution in [3.63, 3.8) is 0 Å². The van der Waals surface area contributed by atoms with E-state index in [1.807, 2.05) is 26.0 Å². The van der Waals surface area contributed by atoms with Crippen molar-refractivity contribution in [1.82, 2.24) is 44.6 Å². The molecule has 0 bridgehead atoms. The summed E-state index contributed by atoms with van der Waals surface area (Å²) >= 11 is 0. The first-order chi connectivity index (χ1) is 13.6. The monoisotopic (exact) mass is 377 g/mol. The molecule has 0 spiro atoms. The van der Waals surface area contributed by atoms with Gasteiger partial charge in [0.1, 0.15) is 19.0 Å². The fourth-order valence-corrected chi connectivity index (χ4v) is 3.13. The van der Waals surface area contributed by atoms with E-state index in [2.05, 4.69) is 35.5 Å². The maximum Gasteiger partial charge on any atom is 0.252 e. The van der Waals surface area contributed by atoms with Crippen LogP contribution in [0.25, 0.3) is 11.6 Å². The van der Waals surface area contributed by atoms with E-state index in [1.54, 1.807) is 21.7 Å². The van der Waals surface area contributed by atoms with Gasteiger partial charge in [0, 0.05) is 36.1 Å². The van der Waals surface area contributed by atoms with Crippen molar-refractivity contribution < 1.29 is 4.79 Å². The van der Waals surface area contributed by atoms with Gasteiger partial charge in [-0.3, -0.25) is 4.79 Å². The molecule has 1 N–H and O–H groups in total. The Balaban J connectivity index is 1.41. The van der Waals surface area contributed by atoms with Crippen LogP contribution in [0.15, 0.2) is 37.3 Å². The van der Waals surface area contributed by atoms with E-state index in [-0.39, 0.29) is 5.91 Å². The maximum atomic E-state index is 12.4. The Labute approximate surface area is 160 Å². The first-order valence-corrected chi connectivity index (χ1v) is 8.85. The van der Waals surface area contributed by atoms with E-state index in [4.69, 9.17) is 0 Å². The number of aryl methyl sites for hydroxylation is 2. The zero-order valence-electron chi connectivity index (χ0n) is 15.6. The molecule has 0 aliphatic rings. The Morgan fingerprint density at radius 1 is 1.18 bits per heavy atom. The molecule has 10 nitrogen and oxygen atoms in total. The molecule has 0 atom stereocenters. The van der Waals surface area contributed by atoms with Crippen LogP contribution in [0, 0.1) is 13.8 Å². The Morgan fingerprint density at radius 3 is 2.89 bits per heavy atom. The SMILES string of the molecule is Cc1nc2ncnn2c(C)c1CCC(=O)NCc1cccnc1-n1cncn1. The average molecular weight is 377 g/mol. The number of amides is 1. The number of nitrogens with zero attached hydrogens (tertiary/aromatic N) is 8. The molecule has 28 heavy (non-hydrogen) atoms. The van der Waals surface area contributed by atoms with E-state index < -0.39 is 0 Å². The molecule has 4 aromatic rings. The van der Waals surface area contributed by atoms with Gasteiger partial charge in [0.05, 0.1) is 0 Å². The second kappa shape index (κ2) is 7.51. The zero-order chi connectivity index (χ0) is 19.5. The number of rotatable bonds is 6. The molecule has 4 heterocycles. The Kier molecular flexibility index (Phi) is 4.75. The van der Waals surface area contributed by atoms with Crippen LogP contribution < -0.4 is 5.32 Å². The first-order valence-electron chi connectivity index (χ1n) is 8.85. The molecule has 0 unspecified atom stereocenters. The lowest BCUT2D eigenvalue weighted by Crippen LogP contribution is -2.24. The topological polar surface area (TPSA) is 116 Å². The number of carbonyl (C=O) groups excluding carboxylic acids is 1. The van der Waals surface area contributed by atoms with Crippen LogP contribution in [0.1, 0.15) is 28.9 Å². The summed E-state index contributed by atoms with van der Waals surface area (Å²) in [6, 6.07) is 3.73. The van der Waals surface area contributed by atoms with Crippen LogP contribution in [-0.2, 0) is 17.8 Å². The summed E-state index contributed by atoms with van der Waals surface area (Å²) in [4.78, 5) is 29.2. The van der Waals surface area contributed by atoms with Gasteiger partial charge in [-0.2, -0.15) is 15.2 Å². The summed E-state index contributed by atoms with van der Waals surface area (Å²) in [5.74, 6) is 1.17. The summed E-state index contributed by atoms with van der Waals surface area (Å²) < 4.78 is 3.27. The normalized spacial score (nSPS) is 11.1. The van der Waals surface area contributed by atoms with E-state index in [0.717, 1.165) is 22.5 Å². The van der Waals surface area contributed by atoms with Gasteiger partial charge in [0.2, 0.25) is 5.91 Å². The first kappa shape index (κ1) is 17.7. The van der Waals surface area contributed by atoms with Crippen molar-refractivity contribution in [2.75, 3.05) is 0 Å². The lowest BCUT2D eigenvalue weighted by Gasteiger charge is -2.11. The number of carbonyl (C=O) groups is 1. The highest BCUT2D eigenvalue weighted by Gasteiger charge is 2.13. The van der Waals surface area contributed by atoms with Crippen LogP contribution in [0.5, 0.6) is 0 Å². The standard InChI is InChI=1S/C18H19N9O/c1-12-15(13(2)27-18(25-12)22-10-24-27)5-6-16(28)21-8-14-4-3-7-20-17(14)26-11-19-9-23-26/h3-4,7,9-11H,5-6,8H2,1-2H3,(H,21,28). The number of hydrogen-bond acceptors (Lipinski definition) is 7. The Hall–Kier alpha value is -3.69. The fraction of sp³-hybridized carbons (Fsp3) is 0.278. The van der Waals surface area contributed by atoms with Crippen LogP contribution in [0.3, 0.4) is 0 Å². The zero-order valence-corrected chi connectivity index (χ0v) is 15.6. The van der Waals surface area contributed by atoms with Crippen LogP contribution in [-0.4, -0.2) is 45.2 Å². The summed E-state index contributed by atoms with van der Waals surface area (Å²) in [5, 5.41) is 11.2. The van der Waals surface area contributed by atoms with E-state index in [1.165, 1.54) is 12.7 Å². The highest BCUT2D eigenvalue weighted by Crippen LogP contribution is 2.15. The van der Waals surface area contributed by atoms with Crippen LogP contribution in [0.4, 0.5) is 0 Å². The van der Waals surface area contributed by atoms with E-state index >= 15 is 0 Å². The minimum absolute atomic E-state index is 0.0501. The van der Waals surface area contributed by atoms with E-state index in [0.29, 0.717) is 31.0 Å². The highest BCUT2D eigenvalue weighted by molar-refractivity contribution is 5.76. The minimum Gasteiger partial charge on any atom is -0.352 e. The van der Waals surface area contributed by atoms with Crippen molar-refractivity contribution in [3.8, 4) is 5.82 Å². The van der Waals surface area contributed by atoms with Gasteiger partial charge in [0.25, 0.3) is 5.78 Å². The number of fused-ring (bicyclic) bond motifs is 1. The van der Waals surface area contributed by atoms with Crippen molar-refractivity contribution in [2.45, 2.75) is 33.2 Å². The lowest BCUT2D eigenvalue weighted by atomic mass is 10.1. The molecule has 0 aliphatic carbocycles. The quantitative estimate of drug-likeness (QED) is 0.532. The van der Waals surface area contributed by atoms with Gasteiger partial charge < -0.3 is 5.32 Å². The van der Waals surface area contributed by atoms with Gasteiger partial charge in [-0.15, -0.1) is 0 Å². The number of nitrogens with one attached hydrogen (secondary N) is 1. The van der Waals surface area contributed by atoms with Crippen molar-refractivity contribution >= 4 is 11.7 Å². The predicted molar refractivity (Wildman–Crippen MR) is 99.6 cm³/mol. The van der Waals surface area contributed by atoms with Gasteiger partial charge in [-0.05, 0) is 31.9 Å². The maximum absolute atomic E-state index is 12.4. The molecular weight excluding hydrogens is 358 g/mol. The second-order valence-corrected chi connectivity index (χ2v) is 6.34. The summed E-state index contributed by atoms with van der Waals surface area (Å²) in [6.07, 6.45) is 7.11. The van der Waals surface area contributed by atoms with Gasteiger partial charge in [-0.25, -0.2) is 24.1 Å². The van der Waals surface area contributed by atoms with Gasteiger partial charge in [0.15, 0.2) is 5.82 Å². The van der Waals surface area contributed by atoms with Gasteiger partial charge >= 0.3 is 0 Å². The van der Waals surface area contributed by atoms with Crippen molar-refractivity contribution in [2.24, 2.45) is 0 Å². The third-order valence-corrected chi connectivity index (χ3v) is 4.57. The molecule has 4 aromatic heterocycles. The molecule has 0 saturated heterocycles. The molecule has 142 valence electrons. The van der Waals surface area contributed by atoms with Crippen molar-refractivity contribution in [3.05, 3.63) is 59.8 Å². The predicted octanol–water partition coefficient (Wildman–Crippen LogP) is 0.966. The Bertz CT molecular complexity index is 1120. The molecular formula is C18H19N9O. The van der Waals surface area contributed by atoms with Crippen LogP contribution >= 0.6 is 0 Å². The third kappa shape index (κ3) is 3.43. The summed E-state index contributed by atoms with van der Waals surface area (Å²) in [5.41, 5.74) is 3.69. The largest absolute Gasteiger partial charge is 0.352 e. The molecule has 0 saturated carbocycles. The molecule has 0 fully saturated rings. The molecule has 1 amide bonds. The fourth-order valence-electron chi connectivity index (χ4n) is 3.13. The smallest absolute Gasteiger partial charge is 0.252 e. The molecule has 0 aliphatic heterocycles. The molecule has 0 aromatic carbocycles. The lowest BCUT2D eigenvalue weighted by molar-refractivity contribution is -0.121. The molecule has 0 radical (unpaired) electrons. The minimum atomic E-state index is -0.0501. The van der Waals surface area contributed by atoms with Gasteiger partial charge in [-0.1, -0.05) is 6.07 Å². The number of hydrogen-bond donors (Lipinski definition) is 1. The number of aromatic nitrogens is 8. The van der Waals surface area contributed by atoms with Crippen LogP contribution in [0.2, 0.25) is 0 Å². The number of pyridine rings is 1. The summed E-state index contributed by atoms with van der Waals surface area (Å²) in [7, 11) is 0. The average Bonchev–Trinajstić information content (AvgIpc) is 3.38. The molecule has 4 rings (SSSR count). The van der Waals surface area contributed by atoms with E-state index in [9.17, 15) is 4.79 Å². The van der Waals surface area contributed by atoms with Crippen molar-refractivity contribution in [1.29, 1.82) is 0 Å². The third-order valence-electron chi connectivity index (χ3n) is 4.57. The second-order valence-electron chi connectivity index (χ2n) is 6.34. The summed E-state index contributed by atoms with van der Waals surface area (Å²) in [6.45, 7) is 4.25. The Morgan fingerprint density at radius 2 is 2.07 bits per heavy atom. The molecule has 10 heteroatoms. The highest BCUT2D eigenvalue weighted by atomic mass is 16.1.